The quantitative estimate of drug-likeness (QED) is 0.805. The third-order valence-electron chi connectivity index (χ3n) is 4.10. The average Bonchev–Trinajstić information content (AvgIpc) is 3.21. The average molecular weight is 302 g/mol. The van der Waals surface area contributed by atoms with E-state index in [9.17, 15) is 4.79 Å². The molecule has 0 aromatic carbocycles. The highest BCUT2D eigenvalue weighted by atomic mass is 16.2. The van der Waals surface area contributed by atoms with Gasteiger partial charge in [-0.3, -0.25) is 14.2 Å². The number of aryl methyl sites for hydroxylation is 2. The van der Waals surface area contributed by atoms with Gasteiger partial charge in [0.15, 0.2) is 0 Å². The third kappa shape index (κ3) is 3.52. The molecular formula is C15H22N6O. The predicted molar refractivity (Wildman–Crippen MR) is 81.0 cm³/mol. The summed E-state index contributed by atoms with van der Waals surface area (Å²) >= 11 is 0. The molecule has 1 fully saturated rings. The van der Waals surface area contributed by atoms with E-state index in [2.05, 4.69) is 15.2 Å². The molecule has 1 saturated heterocycles. The van der Waals surface area contributed by atoms with Gasteiger partial charge in [-0.25, -0.2) is 4.98 Å². The number of amides is 1. The summed E-state index contributed by atoms with van der Waals surface area (Å²) in [6.45, 7) is 4.43. The van der Waals surface area contributed by atoms with Crippen molar-refractivity contribution in [2.45, 2.75) is 51.7 Å². The van der Waals surface area contributed by atoms with Crippen LogP contribution in [0.4, 0.5) is 0 Å². The van der Waals surface area contributed by atoms with Gasteiger partial charge < -0.3 is 4.90 Å². The van der Waals surface area contributed by atoms with Crippen molar-refractivity contribution in [3.63, 3.8) is 0 Å². The maximum atomic E-state index is 12.4. The van der Waals surface area contributed by atoms with E-state index < -0.39 is 0 Å². The van der Waals surface area contributed by atoms with Crippen LogP contribution in [0.5, 0.6) is 0 Å². The van der Waals surface area contributed by atoms with Crippen LogP contribution in [0.3, 0.4) is 0 Å². The predicted octanol–water partition coefficient (Wildman–Crippen LogP) is 1.25. The smallest absolute Gasteiger partial charge is 0.222 e. The number of nitrogens with zero attached hydrogens (tertiary/aromatic N) is 6. The lowest BCUT2D eigenvalue weighted by molar-refractivity contribution is -0.132. The molecule has 1 aliphatic rings. The summed E-state index contributed by atoms with van der Waals surface area (Å²) in [6.07, 6.45) is 10.6. The Hall–Kier alpha value is -2.18. The summed E-state index contributed by atoms with van der Waals surface area (Å²) in [5.41, 5.74) is 1.16. The number of carbonyl (C=O) groups is 1. The second kappa shape index (κ2) is 6.72. The molecule has 7 nitrogen and oxygen atoms in total. The highest BCUT2D eigenvalue weighted by Crippen LogP contribution is 2.20. The van der Waals surface area contributed by atoms with E-state index in [1.165, 1.54) is 6.33 Å². The summed E-state index contributed by atoms with van der Waals surface area (Å²) < 4.78 is 3.71. The van der Waals surface area contributed by atoms with E-state index in [4.69, 9.17) is 0 Å². The lowest BCUT2D eigenvalue weighted by atomic mass is 10.2. The van der Waals surface area contributed by atoms with E-state index in [-0.39, 0.29) is 11.9 Å². The van der Waals surface area contributed by atoms with Gasteiger partial charge in [0.05, 0.1) is 18.8 Å². The molecule has 0 N–H and O–H groups in total. The molecule has 22 heavy (non-hydrogen) atoms. The Morgan fingerprint density at radius 1 is 1.36 bits per heavy atom. The molecular weight excluding hydrogens is 280 g/mol. The summed E-state index contributed by atoms with van der Waals surface area (Å²) in [5, 5.41) is 8.38. The minimum absolute atomic E-state index is 0.242. The molecule has 118 valence electrons. The number of hydrogen-bond donors (Lipinski definition) is 0. The van der Waals surface area contributed by atoms with Crippen LogP contribution in [0.15, 0.2) is 25.0 Å². The van der Waals surface area contributed by atoms with Gasteiger partial charge in [0.25, 0.3) is 0 Å². The molecule has 0 aliphatic carbocycles. The van der Waals surface area contributed by atoms with Crippen molar-refractivity contribution in [2.75, 3.05) is 6.54 Å². The van der Waals surface area contributed by atoms with Gasteiger partial charge >= 0.3 is 0 Å². The van der Waals surface area contributed by atoms with Crippen LogP contribution in [0, 0.1) is 6.92 Å². The van der Waals surface area contributed by atoms with Gasteiger partial charge in [-0.2, -0.15) is 10.2 Å². The van der Waals surface area contributed by atoms with E-state index in [1.807, 2.05) is 28.9 Å². The van der Waals surface area contributed by atoms with E-state index in [0.29, 0.717) is 6.42 Å². The molecule has 1 atom stereocenters. The fourth-order valence-corrected chi connectivity index (χ4v) is 3.02. The molecule has 0 saturated carbocycles. The molecule has 2 aromatic heterocycles. The summed E-state index contributed by atoms with van der Waals surface area (Å²) in [7, 11) is 0. The van der Waals surface area contributed by atoms with Crippen LogP contribution in [0.25, 0.3) is 0 Å². The molecule has 0 radical (unpaired) electrons. The first-order valence-electron chi connectivity index (χ1n) is 7.83. The first-order valence-corrected chi connectivity index (χ1v) is 7.83. The zero-order valence-electron chi connectivity index (χ0n) is 12.9. The Kier molecular flexibility index (Phi) is 4.50. The van der Waals surface area contributed by atoms with Crippen molar-refractivity contribution in [3.05, 3.63) is 30.6 Å². The van der Waals surface area contributed by atoms with Gasteiger partial charge in [-0.15, -0.1) is 0 Å². The van der Waals surface area contributed by atoms with Crippen LogP contribution in [-0.2, 0) is 17.9 Å². The first kappa shape index (κ1) is 14.7. The lowest BCUT2D eigenvalue weighted by Crippen LogP contribution is -2.38. The SMILES string of the molecule is Cc1cnn(C[C@@H]2CCCN2C(=O)CCCn2cncn2)c1. The summed E-state index contributed by atoms with van der Waals surface area (Å²) in [5.74, 6) is 0.242. The Labute approximate surface area is 129 Å². The molecule has 0 bridgehead atoms. The molecule has 0 unspecified atom stereocenters. The highest BCUT2D eigenvalue weighted by molar-refractivity contribution is 5.76. The van der Waals surface area contributed by atoms with Crippen LogP contribution in [0.2, 0.25) is 0 Å². The fraction of sp³-hybridized carbons (Fsp3) is 0.600. The van der Waals surface area contributed by atoms with Gasteiger partial charge in [0.2, 0.25) is 5.91 Å². The van der Waals surface area contributed by atoms with Crippen molar-refractivity contribution >= 4 is 5.91 Å². The van der Waals surface area contributed by atoms with Crippen LogP contribution < -0.4 is 0 Å². The highest BCUT2D eigenvalue weighted by Gasteiger charge is 2.28. The second-order valence-electron chi connectivity index (χ2n) is 5.89. The second-order valence-corrected chi connectivity index (χ2v) is 5.89. The van der Waals surface area contributed by atoms with Crippen molar-refractivity contribution in [1.82, 2.24) is 29.4 Å². The van der Waals surface area contributed by atoms with E-state index in [1.54, 1.807) is 11.0 Å². The van der Waals surface area contributed by atoms with Gasteiger partial charge in [-0.1, -0.05) is 0 Å². The van der Waals surface area contributed by atoms with Crippen molar-refractivity contribution in [3.8, 4) is 0 Å². The van der Waals surface area contributed by atoms with E-state index >= 15 is 0 Å². The molecule has 7 heteroatoms. The monoisotopic (exact) mass is 302 g/mol. The minimum atomic E-state index is 0.242. The van der Waals surface area contributed by atoms with Crippen molar-refractivity contribution in [2.24, 2.45) is 0 Å². The Balaban J connectivity index is 1.50. The number of aromatic nitrogens is 5. The zero-order valence-corrected chi connectivity index (χ0v) is 12.9. The fourth-order valence-electron chi connectivity index (χ4n) is 3.02. The normalized spacial score (nSPS) is 18.0. The zero-order chi connectivity index (χ0) is 15.4. The molecule has 1 aliphatic heterocycles. The molecule has 3 heterocycles. The molecule has 0 spiro atoms. The van der Waals surface area contributed by atoms with Gasteiger partial charge in [0.1, 0.15) is 12.7 Å². The molecule has 1 amide bonds. The number of likely N-dealkylation sites (tertiary alicyclic amines) is 1. The van der Waals surface area contributed by atoms with Gasteiger partial charge in [0, 0.05) is 25.7 Å². The summed E-state index contributed by atoms with van der Waals surface area (Å²) in [4.78, 5) is 18.4. The Bertz CT molecular complexity index is 605. The number of hydrogen-bond acceptors (Lipinski definition) is 4. The van der Waals surface area contributed by atoms with Crippen LogP contribution in [0.1, 0.15) is 31.2 Å². The maximum Gasteiger partial charge on any atom is 0.222 e. The number of carbonyl (C=O) groups excluding carboxylic acids is 1. The van der Waals surface area contributed by atoms with Crippen LogP contribution >= 0.6 is 0 Å². The summed E-state index contributed by atoms with van der Waals surface area (Å²) in [6, 6.07) is 0.276. The van der Waals surface area contributed by atoms with Crippen LogP contribution in [-0.4, -0.2) is 47.9 Å². The largest absolute Gasteiger partial charge is 0.338 e. The van der Waals surface area contributed by atoms with E-state index in [0.717, 1.165) is 44.5 Å². The third-order valence-corrected chi connectivity index (χ3v) is 4.10. The van der Waals surface area contributed by atoms with Crippen molar-refractivity contribution < 1.29 is 4.79 Å². The maximum absolute atomic E-state index is 12.4. The molecule has 2 aromatic rings. The van der Waals surface area contributed by atoms with Crippen molar-refractivity contribution in [1.29, 1.82) is 0 Å². The lowest BCUT2D eigenvalue weighted by Gasteiger charge is -2.24. The first-order chi connectivity index (χ1) is 10.7. The Morgan fingerprint density at radius 2 is 2.27 bits per heavy atom. The van der Waals surface area contributed by atoms with Gasteiger partial charge in [-0.05, 0) is 31.7 Å². The standard InChI is InChI=1S/C15H22N6O/c1-13-8-17-20(9-13)10-14-4-2-7-21(14)15(22)5-3-6-19-12-16-11-18-19/h8-9,11-12,14H,2-7,10H2,1H3/t14-/m0/s1. The topological polar surface area (TPSA) is 68.8 Å². The number of rotatable bonds is 6. The molecule has 3 rings (SSSR count). The Morgan fingerprint density at radius 3 is 3.00 bits per heavy atom. The minimum Gasteiger partial charge on any atom is -0.338 e.